The molecule has 35 heavy (non-hydrogen) atoms. The molecule has 1 fully saturated rings. The summed E-state index contributed by atoms with van der Waals surface area (Å²) in [6, 6.07) is 15.8. The third-order valence-corrected chi connectivity index (χ3v) is 9.86. The zero-order valence-corrected chi connectivity index (χ0v) is 22.0. The average molecular weight is 492 g/mol. The molecule has 0 spiro atoms. The van der Waals surface area contributed by atoms with Gasteiger partial charge in [0.05, 0.1) is 18.0 Å². The van der Waals surface area contributed by atoms with Gasteiger partial charge >= 0.3 is 0 Å². The van der Waals surface area contributed by atoms with E-state index in [1.165, 1.54) is 41.3 Å². The minimum atomic E-state index is -3.62. The first-order valence-corrected chi connectivity index (χ1v) is 14.6. The molecule has 5 heteroatoms. The molecule has 3 aromatic rings. The fraction of sp³-hybridized carbons (Fsp3) is 0.467. The number of nitrogens with zero attached hydrogens (tertiary/aromatic N) is 1. The topological polar surface area (TPSA) is 46.6 Å². The van der Waals surface area contributed by atoms with Crippen LogP contribution in [0.15, 0.2) is 53.4 Å². The maximum absolute atomic E-state index is 14.1. The van der Waals surface area contributed by atoms with Crippen LogP contribution in [0.3, 0.4) is 0 Å². The molecular weight excluding hydrogens is 454 g/mol. The van der Waals surface area contributed by atoms with E-state index in [-0.39, 0.29) is 6.04 Å². The number of hydrogen-bond donors (Lipinski definition) is 0. The van der Waals surface area contributed by atoms with Crippen molar-refractivity contribution in [2.24, 2.45) is 5.92 Å². The van der Waals surface area contributed by atoms with Crippen molar-refractivity contribution < 1.29 is 13.2 Å². The third kappa shape index (κ3) is 4.49. The van der Waals surface area contributed by atoms with Crippen molar-refractivity contribution in [3.63, 3.8) is 0 Å². The average Bonchev–Trinajstić information content (AvgIpc) is 3.27. The van der Waals surface area contributed by atoms with Crippen LogP contribution in [0.5, 0.6) is 5.75 Å². The number of rotatable bonds is 7. The molecule has 1 saturated carbocycles. The van der Waals surface area contributed by atoms with Gasteiger partial charge in [-0.25, -0.2) is 8.42 Å². The van der Waals surface area contributed by atoms with Gasteiger partial charge in [0.2, 0.25) is 10.0 Å². The lowest BCUT2D eigenvalue weighted by Crippen LogP contribution is -2.34. The van der Waals surface area contributed by atoms with Crippen molar-refractivity contribution in [2.45, 2.75) is 82.7 Å². The molecule has 1 aliphatic heterocycles. The van der Waals surface area contributed by atoms with E-state index in [2.05, 4.69) is 25.1 Å². The number of methoxy groups -OCH3 is 1. The summed E-state index contributed by atoms with van der Waals surface area (Å²) in [6.07, 6.45) is 9.00. The molecular formula is C30H37NO3S. The molecule has 1 heterocycles. The summed E-state index contributed by atoms with van der Waals surface area (Å²) in [5.74, 6) is 1.20. The normalized spacial score (nSPS) is 19.2. The molecule has 2 aliphatic rings. The molecule has 0 unspecified atom stereocenters. The highest BCUT2D eigenvalue weighted by molar-refractivity contribution is 7.89. The quantitative estimate of drug-likeness (QED) is 0.348. The highest BCUT2D eigenvalue weighted by Crippen LogP contribution is 2.50. The van der Waals surface area contributed by atoms with Crippen molar-refractivity contribution in [1.82, 2.24) is 4.31 Å². The van der Waals surface area contributed by atoms with Crippen molar-refractivity contribution in [2.75, 3.05) is 7.11 Å². The monoisotopic (exact) mass is 491 g/mol. The van der Waals surface area contributed by atoms with Gasteiger partial charge in [0, 0.05) is 6.54 Å². The van der Waals surface area contributed by atoms with E-state index in [1.54, 1.807) is 19.2 Å². The third-order valence-electron chi connectivity index (χ3n) is 8.02. The molecule has 0 radical (unpaired) electrons. The minimum Gasteiger partial charge on any atom is -0.497 e. The van der Waals surface area contributed by atoms with Crippen molar-refractivity contribution in [1.29, 1.82) is 0 Å². The Kier molecular flexibility index (Phi) is 6.91. The van der Waals surface area contributed by atoms with E-state index in [4.69, 9.17) is 4.74 Å². The molecule has 0 aromatic heterocycles. The molecule has 0 amide bonds. The molecule has 1 atom stereocenters. The van der Waals surface area contributed by atoms with E-state index < -0.39 is 10.0 Å². The van der Waals surface area contributed by atoms with E-state index in [0.717, 1.165) is 48.8 Å². The number of hydrogen-bond acceptors (Lipinski definition) is 3. The second kappa shape index (κ2) is 9.94. The summed E-state index contributed by atoms with van der Waals surface area (Å²) in [5, 5.41) is 2.39. The van der Waals surface area contributed by atoms with Crippen LogP contribution in [0.25, 0.3) is 10.8 Å². The molecule has 1 aliphatic carbocycles. The number of benzene rings is 3. The van der Waals surface area contributed by atoms with Crippen LogP contribution in [0.1, 0.15) is 80.2 Å². The summed E-state index contributed by atoms with van der Waals surface area (Å²) in [6.45, 7) is 4.66. The van der Waals surface area contributed by atoms with Gasteiger partial charge in [0.15, 0.2) is 0 Å². The molecule has 3 aromatic carbocycles. The van der Waals surface area contributed by atoms with Crippen LogP contribution >= 0.6 is 0 Å². The van der Waals surface area contributed by atoms with Gasteiger partial charge in [-0.15, -0.1) is 0 Å². The highest BCUT2D eigenvalue weighted by Gasteiger charge is 2.44. The number of aryl methyl sites for hydroxylation is 2. The molecule has 4 nitrogen and oxygen atoms in total. The van der Waals surface area contributed by atoms with Crippen LogP contribution in [0, 0.1) is 12.8 Å². The smallest absolute Gasteiger partial charge is 0.243 e. The lowest BCUT2D eigenvalue weighted by molar-refractivity contribution is 0.207. The minimum absolute atomic E-state index is 0.0880. The molecule has 0 N–H and O–H groups in total. The molecule has 5 rings (SSSR count). The lowest BCUT2D eigenvalue weighted by atomic mass is 9.79. The standard InChI is InChI=1S/C30H37NO3S/c1-4-5-11-28-27-17-14-25(34-3)19-23(27)18-24-20-31(30(29(24)28)22-9-7-6-8-10-22)35(32,33)26-15-12-21(2)13-16-26/h12-19,22,30H,4-11,20H2,1-3H3/t30-/m1/s1. The Labute approximate surface area is 210 Å². The first-order chi connectivity index (χ1) is 16.9. The number of ether oxygens (including phenoxy) is 1. The van der Waals surface area contributed by atoms with Gasteiger partial charge in [-0.3, -0.25) is 0 Å². The van der Waals surface area contributed by atoms with Crippen molar-refractivity contribution in [3.05, 3.63) is 70.8 Å². The van der Waals surface area contributed by atoms with Crippen LogP contribution in [-0.4, -0.2) is 19.8 Å². The van der Waals surface area contributed by atoms with E-state index in [1.807, 2.05) is 29.4 Å². The van der Waals surface area contributed by atoms with Crippen molar-refractivity contribution >= 4 is 20.8 Å². The first kappa shape index (κ1) is 24.3. The predicted octanol–water partition coefficient (Wildman–Crippen LogP) is 7.33. The van der Waals surface area contributed by atoms with Gasteiger partial charge < -0.3 is 4.74 Å². The second-order valence-corrected chi connectivity index (χ2v) is 12.2. The summed E-state index contributed by atoms with van der Waals surface area (Å²) in [5.41, 5.74) is 4.88. The van der Waals surface area contributed by atoms with Gasteiger partial charge in [-0.1, -0.05) is 56.4 Å². The summed E-state index contributed by atoms with van der Waals surface area (Å²) in [7, 11) is -1.93. The second-order valence-electron chi connectivity index (χ2n) is 10.3. The number of unbranched alkanes of at least 4 members (excludes halogenated alkanes) is 1. The Hall–Kier alpha value is -2.37. The van der Waals surface area contributed by atoms with Crippen LogP contribution in [0.4, 0.5) is 0 Å². The Morgan fingerprint density at radius 3 is 2.43 bits per heavy atom. The van der Waals surface area contributed by atoms with Crippen LogP contribution in [-0.2, 0) is 23.0 Å². The Morgan fingerprint density at radius 1 is 1.00 bits per heavy atom. The fourth-order valence-electron chi connectivity index (χ4n) is 6.20. The largest absolute Gasteiger partial charge is 0.497 e. The zero-order chi connectivity index (χ0) is 24.6. The summed E-state index contributed by atoms with van der Waals surface area (Å²) in [4.78, 5) is 0.401. The number of sulfonamides is 1. The predicted molar refractivity (Wildman–Crippen MR) is 142 cm³/mol. The number of fused-ring (bicyclic) bond motifs is 2. The maximum atomic E-state index is 14.1. The molecule has 0 saturated heterocycles. The van der Waals surface area contributed by atoms with Crippen LogP contribution < -0.4 is 4.74 Å². The summed E-state index contributed by atoms with van der Waals surface area (Å²) < 4.78 is 35.5. The van der Waals surface area contributed by atoms with Gasteiger partial charge in [-0.05, 0) is 96.3 Å². The van der Waals surface area contributed by atoms with E-state index >= 15 is 0 Å². The van der Waals surface area contributed by atoms with E-state index in [0.29, 0.717) is 17.4 Å². The van der Waals surface area contributed by atoms with E-state index in [9.17, 15) is 8.42 Å². The Morgan fingerprint density at radius 2 is 1.74 bits per heavy atom. The molecule has 186 valence electrons. The Balaban J connectivity index is 1.70. The maximum Gasteiger partial charge on any atom is 0.243 e. The zero-order valence-electron chi connectivity index (χ0n) is 21.2. The first-order valence-electron chi connectivity index (χ1n) is 13.1. The van der Waals surface area contributed by atoms with Crippen molar-refractivity contribution in [3.8, 4) is 5.75 Å². The Bertz CT molecular complexity index is 1310. The van der Waals surface area contributed by atoms with Gasteiger partial charge in [0.1, 0.15) is 5.75 Å². The highest BCUT2D eigenvalue weighted by atomic mass is 32.2. The van der Waals surface area contributed by atoms with Gasteiger partial charge in [-0.2, -0.15) is 4.31 Å². The van der Waals surface area contributed by atoms with Crippen LogP contribution in [0.2, 0.25) is 0 Å². The SMILES string of the molecule is CCCCc1c2c(cc3cc(OC)ccc13)CN(S(=O)(=O)c1ccc(C)cc1)[C@@H]2C1CCCCC1. The lowest BCUT2D eigenvalue weighted by Gasteiger charge is -2.35. The summed E-state index contributed by atoms with van der Waals surface area (Å²) >= 11 is 0. The van der Waals surface area contributed by atoms with Gasteiger partial charge in [0.25, 0.3) is 0 Å². The fourth-order valence-corrected chi connectivity index (χ4v) is 7.84. The molecule has 0 bridgehead atoms.